The van der Waals surface area contributed by atoms with E-state index in [-0.39, 0.29) is 0 Å². The van der Waals surface area contributed by atoms with E-state index in [1.54, 1.807) is 0 Å². The van der Waals surface area contributed by atoms with Crippen LogP contribution in [0.5, 0.6) is 0 Å². The zero-order valence-electron chi connectivity index (χ0n) is 16.9. The number of hydrogen-bond acceptors (Lipinski definition) is 0. The highest BCUT2D eigenvalue weighted by atomic mass is 14.3. The van der Waals surface area contributed by atoms with Crippen molar-refractivity contribution in [2.24, 2.45) is 0 Å². The van der Waals surface area contributed by atoms with E-state index >= 15 is 0 Å². The summed E-state index contributed by atoms with van der Waals surface area (Å²) in [5.74, 6) is 0. The van der Waals surface area contributed by atoms with Gasteiger partial charge in [0.1, 0.15) is 0 Å². The van der Waals surface area contributed by atoms with Crippen LogP contribution in [0.1, 0.15) is 51.8 Å². The van der Waals surface area contributed by atoms with Gasteiger partial charge in [-0.05, 0) is 108 Å². The first kappa shape index (κ1) is 17.8. The minimum Gasteiger partial charge on any atom is -0.0949 e. The fourth-order valence-electron chi connectivity index (χ4n) is 4.56. The molecule has 2 aromatic rings. The van der Waals surface area contributed by atoms with Crippen molar-refractivity contribution in [3.05, 3.63) is 105 Å². The second-order valence-electron chi connectivity index (χ2n) is 8.11. The minimum atomic E-state index is 0.934. The predicted molar refractivity (Wildman–Crippen MR) is 118 cm³/mol. The van der Waals surface area contributed by atoms with Crippen molar-refractivity contribution in [1.82, 2.24) is 0 Å². The fourth-order valence-corrected chi connectivity index (χ4v) is 4.56. The first-order valence-electron chi connectivity index (χ1n) is 9.89. The lowest BCUT2D eigenvalue weighted by molar-refractivity contribution is 1.15. The summed E-state index contributed by atoms with van der Waals surface area (Å²) in [7, 11) is 0. The van der Waals surface area contributed by atoms with E-state index in [1.807, 2.05) is 0 Å². The molecular formula is C27H28. The molecule has 0 aromatic heterocycles. The highest BCUT2D eigenvalue weighted by Crippen LogP contribution is 2.39. The molecule has 0 fully saturated rings. The standard InChI is InChI=1S/C27H28/c1-17-8-6-9-18(2)27(17)21(5)14-22-10-7-11-26(22)25-15-23-12-19(3)20(4)13-24(23)16-25/h6,8-13,15H,5,7,14,16H2,1-4H3. The van der Waals surface area contributed by atoms with E-state index in [2.05, 4.69) is 82.8 Å². The molecule has 0 atom stereocenters. The van der Waals surface area contributed by atoms with Gasteiger partial charge in [-0.1, -0.05) is 55.1 Å². The van der Waals surface area contributed by atoms with Crippen LogP contribution in [0, 0.1) is 27.7 Å². The summed E-state index contributed by atoms with van der Waals surface area (Å²) in [6, 6.07) is 11.2. The van der Waals surface area contributed by atoms with Gasteiger partial charge in [0.05, 0.1) is 0 Å². The quantitative estimate of drug-likeness (QED) is 0.545. The van der Waals surface area contributed by atoms with Crippen LogP contribution < -0.4 is 0 Å². The van der Waals surface area contributed by atoms with Crippen LogP contribution >= 0.6 is 0 Å². The minimum absolute atomic E-state index is 0.934. The maximum atomic E-state index is 4.45. The van der Waals surface area contributed by atoms with Crippen molar-refractivity contribution in [3.63, 3.8) is 0 Å². The number of aryl methyl sites for hydroxylation is 4. The van der Waals surface area contributed by atoms with Crippen LogP contribution in [0.4, 0.5) is 0 Å². The summed E-state index contributed by atoms with van der Waals surface area (Å²) in [4.78, 5) is 0. The Bertz CT molecular complexity index is 1020. The Hall–Kier alpha value is -2.60. The highest BCUT2D eigenvalue weighted by molar-refractivity contribution is 5.76. The molecule has 0 bridgehead atoms. The summed E-state index contributed by atoms with van der Waals surface area (Å²) >= 11 is 0. The lowest BCUT2D eigenvalue weighted by Crippen LogP contribution is -1.97. The smallest absolute Gasteiger partial charge is 0.00136 e. The first-order valence-corrected chi connectivity index (χ1v) is 9.89. The van der Waals surface area contributed by atoms with Crippen LogP contribution in [-0.2, 0) is 6.42 Å². The van der Waals surface area contributed by atoms with Crippen molar-refractivity contribution in [2.75, 3.05) is 0 Å². The second kappa shape index (κ2) is 6.85. The normalized spacial score (nSPS) is 15.3. The molecule has 2 aromatic carbocycles. The maximum absolute atomic E-state index is 4.45. The van der Waals surface area contributed by atoms with E-state index in [9.17, 15) is 0 Å². The van der Waals surface area contributed by atoms with Gasteiger partial charge in [0, 0.05) is 0 Å². The summed E-state index contributed by atoms with van der Waals surface area (Å²) in [6.45, 7) is 13.2. The highest BCUT2D eigenvalue weighted by Gasteiger charge is 2.22. The van der Waals surface area contributed by atoms with E-state index in [1.165, 1.54) is 61.2 Å². The molecule has 0 heterocycles. The van der Waals surface area contributed by atoms with Gasteiger partial charge in [0.2, 0.25) is 0 Å². The number of hydrogen-bond donors (Lipinski definition) is 0. The predicted octanol–water partition coefficient (Wildman–Crippen LogP) is 7.22. The van der Waals surface area contributed by atoms with Crippen LogP contribution in [0.2, 0.25) is 0 Å². The first-order chi connectivity index (χ1) is 12.9. The molecule has 0 amide bonds. The number of allylic oxidation sites excluding steroid dienone is 6. The summed E-state index contributed by atoms with van der Waals surface area (Å²) in [5.41, 5.74) is 15.2. The van der Waals surface area contributed by atoms with Gasteiger partial charge in [0.15, 0.2) is 0 Å². The molecular weight excluding hydrogens is 324 g/mol. The Balaban J connectivity index is 1.57. The van der Waals surface area contributed by atoms with Crippen LogP contribution in [-0.4, -0.2) is 0 Å². The molecule has 2 aliphatic carbocycles. The molecule has 0 saturated carbocycles. The third kappa shape index (κ3) is 3.25. The molecule has 27 heavy (non-hydrogen) atoms. The number of benzene rings is 2. The van der Waals surface area contributed by atoms with Gasteiger partial charge in [-0.2, -0.15) is 0 Å². The molecule has 0 nitrogen and oxygen atoms in total. The monoisotopic (exact) mass is 352 g/mol. The summed E-state index contributed by atoms with van der Waals surface area (Å²) in [6.07, 6.45) is 10.2. The van der Waals surface area contributed by atoms with Gasteiger partial charge in [-0.25, -0.2) is 0 Å². The molecule has 0 unspecified atom stereocenters. The Labute approximate surface area is 163 Å². The van der Waals surface area contributed by atoms with E-state index in [0.717, 1.165) is 19.3 Å². The Morgan fingerprint density at radius 3 is 2.37 bits per heavy atom. The van der Waals surface area contributed by atoms with Crippen LogP contribution in [0.25, 0.3) is 11.6 Å². The molecule has 0 saturated heterocycles. The molecule has 0 heteroatoms. The van der Waals surface area contributed by atoms with Gasteiger partial charge >= 0.3 is 0 Å². The molecule has 0 N–H and O–H groups in total. The molecule has 0 aliphatic heterocycles. The van der Waals surface area contributed by atoms with E-state index in [0.29, 0.717) is 0 Å². The Morgan fingerprint density at radius 1 is 0.926 bits per heavy atom. The van der Waals surface area contributed by atoms with Gasteiger partial charge < -0.3 is 0 Å². The second-order valence-corrected chi connectivity index (χ2v) is 8.11. The topological polar surface area (TPSA) is 0 Å². The maximum Gasteiger partial charge on any atom is -0.00136 e. The summed E-state index contributed by atoms with van der Waals surface area (Å²) in [5, 5.41) is 0. The van der Waals surface area contributed by atoms with Gasteiger partial charge in [0.25, 0.3) is 0 Å². The number of rotatable bonds is 4. The molecule has 4 rings (SSSR count). The zero-order valence-corrected chi connectivity index (χ0v) is 16.9. The molecule has 136 valence electrons. The Kier molecular flexibility index (Phi) is 4.52. The van der Waals surface area contributed by atoms with Crippen LogP contribution in [0.15, 0.2) is 65.8 Å². The third-order valence-electron chi connectivity index (χ3n) is 6.08. The van der Waals surface area contributed by atoms with Gasteiger partial charge in [-0.15, -0.1) is 0 Å². The van der Waals surface area contributed by atoms with Crippen LogP contribution in [0.3, 0.4) is 0 Å². The van der Waals surface area contributed by atoms with Gasteiger partial charge in [-0.3, -0.25) is 0 Å². The molecule has 2 aliphatic rings. The zero-order chi connectivity index (χ0) is 19.1. The lowest BCUT2D eigenvalue weighted by Gasteiger charge is -2.16. The van der Waals surface area contributed by atoms with Crippen molar-refractivity contribution >= 4 is 11.6 Å². The molecule has 0 radical (unpaired) electrons. The molecule has 0 spiro atoms. The average molecular weight is 353 g/mol. The largest absolute Gasteiger partial charge is 0.0949 e. The lowest BCUT2D eigenvalue weighted by atomic mass is 9.89. The van der Waals surface area contributed by atoms with Crippen molar-refractivity contribution in [2.45, 2.75) is 47.0 Å². The van der Waals surface area contributed by atoms with E-state index < -0.39 is 0 Å². The average Bonchev–Trinajstić information content (AvgIpc) is 3.21. The fraction of sp³-hybridized carbons (Fsp3) is 0.259. The van der Waals surface area contributed by atoms with Crippen molar-refractivity contribution in [3.8, 4) is 0 Å². The van der Waals surface area contributed by atoms with Crippen molar-refractivity contribution in [1.29, 1.82) is 0 Å². The van der Waals surface area contributed by atoms with E-state index in [4.69, 9.17) is 0 Å². The Morgan fingerprint density at radius 2 is 1.63 bits per heavy atom. The van der Waals surface area contributed by atoms with Crippen molar-refractivity contribution < 1.29 is 0 Å². The third-order valence-corrected chi connectivity index (χ3v) is 6.08. The summed E-state index contributed by atoms with van der Waals surface area (Å²) < 4.78 is 0. The number of fused-ring (bicyclic) bond motifs is 1. The SMILES string of the molecule is C=C(CC1=CCC=C1C1=Cc2cc(C)c(C)cc2C1)c1c(C)cccc1C.